The third kappa shape index (κ3) is 4.84. The zero-order valence-electron chi connectivity index (χ0n) is 14.2. The van der Waals surface area contributed by atoms with Gasteiger partial charge in [-0.2, -0.15) is 0 Å². The predicted octanol–water partition coefficient (Wildman–Crippen LogP) is 2.81. The lowest BCUT2D eigenvalue weighted by Crippen LogP contribution is -2.27. The van der Waals surface area contributed by atoms with Crippen molar-refractivity contribution in [1.29, 1.82) is 0 Å². The molecule has 1 aromatic carbocycles. The summed E-state index contributed by atoms with van der Waals surface area (Å²) in [6.45, 7) is 0.617. The lowest BCUT2D eigenvalue weighted by atomic mass is 10.2. The van der Waals surface area contributed by atoms with Gasteiger partial charge in [-0.15, -0.1) is 0 Å². The molecule has 0 bridgehead atoms. The minimum atomic E-state index is -0.0549. The van der Waals surface area contributed by atoms with E-state index in [1.54, 1.807) is 44.5 Å². The van der Waals surface area contributed by atoms with E-state index >= 15 is 0 Å². The molecule has 0 aliphatic carbocycles. The first-order valence-electron chi connectivity index (χ1n) is 7.69. The average Bonchev–Trinajstić information content (AvgIpc) is 2.64. The van der Waals surface area contributed by atoms with Gasteiger partial charge in [0.1, 0.15) is 0 Å². The maximum absolute atomic E-state index is 12.2. The topological polar surface area (TPSA) is 51.7 Å². The number of methoxy groups -OCH3 is 2. The van der Waals surface area contributed by atoms with Crippen molar-refractivity contribution in [1.82, 2.24) is 9.88 Å². The first-order valence-corrected chi connectivity index (χ1v) is 7.69. The van der Waals surface area contributed by atoms with E-state index in [9.17, 15) is 4.79 Å². The van der Waals surface area contributed by atoms with Gasteiger partial charge in [0, 0.05) is 38.0 Å². The summed E-state index contributed by atoms with van der Waals surface area (Å²) < 4.78 is 10.5. The van der Waals surface area contributed by atoms with Crippen molar-refractivity contribution in [3.05, 3.63) is 59.9 Å². The van der Waals surface area contributed by atoms with Gasteiger partial charge >= 0.3 is 0 Å². The number of hydrogen-bond acceptors (Lipinski definition) is 4. The number of aromatic nitrogens is 1. The molecule has 0 spiro atoms. The van der Waals surface area contributed by atoms with E-state index in [0.717, 1.165) is 17.7 Å². The standard InChI is InChI=1S/C19H22N2O3/c1-21(13-11-16-6-4-5-12-20-16)19(22)10-8-15-7-9-17(23-2)18(14-15)24-3/h4-10,12,14H,11,13H2,1-3H3/b10-8+. The number of benzene rings is 1. The van der Waals surface area contributed by atoms with Gasteiger partial charge in [-0.1, -0.05) is 12.1 Å². The molecule has 1 heterocycles. The summed E-state index contributed by atoms with van der Waals surface area (Å²) in [6.07, 6.45) is 5.81. The van der Waals surface area contributed by atoms with Crippen molar-refractivity contribution in [2.75, 3.05) is 27.8 Å². The highest BCUT2D eigenvalue weighted by molar-refractivity contribution is 5.91. The summed E-state index contributed by atoms with van der Waals surface area (Å²) in [7, 11) is 4.96. The van der Waals surface area contributed by atoms with E-state index in [-0.39, 0.29) is 5.91 Å². The fourth-order valence-corrected chi connectivity index (χ4v) is 2.19. The van der Waals surface area contributed by atoms with Crippen LogP contribution in [0.25, 0.3) is 6.08 Å². The molecule has 0 unspecified atom stereocenters. The Morgan fingerprint density at radius 2 is 1.96 bits per heavy atom. The third-order valence-corrected chi connectivity index (χ3v) is 3.63. The number of amides is 1. The zero-order valence-corrected chi connectivity index (χ0v) is 14.2. The maximum Gasteiger partial charge on any atom is 0.246 e. The van der Waals surface area contributed by atoms with Gasteiger partial charge in [-0.3, -0.25) is 9.78 Å². The zero-order chi connectivity index (χ0) is 17.4. The fourth-order valence-electron chi connectivity index (χ4n) is 2.19. The van der Waals surface area contributed by atoms with Crippen molar-refractivity contribution >= 4 is 12.0 Å². The molecular formula is C19H22N2O3. The van der Waals surface area contributed by atoms with E-state index in [1.165, 1.54) is 0 Å². The van der Waals surface area contributed by atoms with Crippen LogP contribution < -0.4 is 9.47 Å². The number of likely N-dealkylation sites (N-methyl/N-ethyl adjacent to an activating group) is 1. The average molecular weight is 326 g/mol. The van der Waals surface area contributed by atoms with Crippen molar-refractivity contribution in [3.8, 4) is 11.5 Å². The van der Waals surface area contributed by atoms with Crippen LogP contribution in [0.3, 0.4) is 0 Å². The Morgan fingerprint density at radius 3 is 2.62 bits per heavy atom. The molecule has 0 N–H and O–H groups in total. The second kappa shape index (κ2) is 8.72. The molecule has 24 heavy (non-hydrogen) atoms. The number of nitrogens with zero attached hydrogens (tertiary/aromatic N) is 2. The van der Waals surface area contributed by atoms with E-state index in [2.05, 4.69) is 4.98 Å². The molecule has 0 fully saturated rings. The Labute approximate surface area is 142 Å². The molecule has 0 aliphatic rings. The fraction of sp³-hybridized carbons (Fsp3) is 0.263. The summed E-state index contributed by atoms with van der Waals surface area (Å²) in [6, 6.07) is 11.3. The van der Waals surface area contributed by atoms with Crippen LogP contribution in [-0.2, 0) is 11.2 Å². The van der Waals surface area contributed by atoms with Gasteiger partial charge in [0.05, 0.1) is 14.2 Å². The minimum Gasteiger partial charge on any atom is -0.493 e. The number of hydrogen-bond donors (Lipinski definition) is 0. The monoisotopic (exact) mass is 326 g/mol. The Balaban J connectivity index is 1.94. The highest BCUT2D eigenvalue weighted by Gasteiger charge is 2.06. The molecule has 1 aromatic heterocycles. The molecular weight excluding hydrogens is 304 g/mol. The van der Waals surface area contributed by atoms with Crippen LogP contribution in [-0.4, -0.2) is 43.6 Å². The Hall–Kier alpha value is -2.82. The summed E-state index contributed by atoms with van der Waals surface area (Å²) in [5, 5.41) is 0. The molecule has 2 rings (SSSR count). The second-order valence-electron chi connectivity index (χ2n) is 5.28. The quantitative estimate of drug-likeness (QED) is 0.734. The van der Waals surface area contributed by atoms with Gasteiger partial charge < -0.3 is 14.4 Å². The molecule has 5 heteroatoms. The third-order valence-electron chi connectivity index (χ3n) is 3.63. The predicted molar refractivity (Wildman–Crippen MR) is 94.2 cm³/mol. The van der Waals surface area contributed by atoms with E-state index in [1.807, 2.05) is 36.4 Å². The van der Waals surface area contributed by atoms with Crippen LogP contribution in [0.15, 0.2) is 48.7 Å². The molecule has 0 saturated carbocycles. The lowest BCUT2D eigenvalue weighted by Gasteiger charge is -2.14. The van der Waals surface area contributed by atoms with Crippen LogP contribution in [0.2, 0.25) is 0 Å². The normalized spacial score (nSPS) is 10.6. The SMILES string of the molecule is COc1ccc(/C=C/C(=O)N(C)CCc2ccccn2)cc1OC. The van der Waals surface area contributed by atoms with Gasteiger partial charge in [-0.05, 0) is 35.9 Å². The number of carbonyl (C=O) groups excluding carboxylic acids is 1. The first-order chi connectivity index (χ1) is 11.6. The molecule has 0 saturated heterocycles. The van der Waals surface area contributed by atoms with E-state index in [4.69, 9.17) is 9.47 Å². The maximum atomic E-state index is 12.2. The Kier molecular flexibility index (Phi) is 6.37. The summed E-state index contributed by atoms with van der Waals surface area (Å²) in [5.74, 6) is 1.24. The second-order valence-corrected chi connectivity index (χ2v) is 5.28. The van der Waals surface area contributed by atoms with Crippen molar-refractivity contribution in [2.45, 2.75) is 6.42 Å². The highest BCUT2D eigenvalue weighted by Crippen LogP contribution is 2.27. The van der Waals surface area contributed by atoms with Crippen molar-refractivity contribution in [3.63, 3.8) is 0 Å². The minimum absolute atomic E-state index is 0.0549. The van der Waals surface area contributed by atoms with Crippen LogP contribution in [0.5, 0.6) is 11.5 Å². The summed E-state index contributed by atoms with van der Waals surface area (Å²) >= 11 is 0. The Bertz CT molecular complexity index is 699. The first kappa shape index (κ1) is 17.5. The molecule has 1 amide bonds. The number of rotatable bonds is 7. The van der Waals surface area contributed by atoms with Gasteiger partial charge in [-0.25, -0.2) is 0 Å². The van der Waals surface area contributed by atoms with Crippen LogP contribution in [0, 0.1) is 0 Å². The lowest BCUT2D eigenvalue weighted by molar-refractivity contribution is -0.124. The molecule has 0 atom stereocenters. The summed E-state index contributed by atoms with van der Waals surface area (Å²) in [5.41, 5.74) is 1.85. The van der Waals surface area contributed by atoms with Crippen LogP contribution >= 0.6 is 0 Å². The van der Waals surface area contributed by atoms with Crippen LogP contribution in [0.1, 0.15) is 11.3 Å². The van der Waals surface area contributed by atoms with Gasteiger partial charge in [0.25, 0.3) is 0 Å². The number of pyridine rings is 1. The molecule has 0 aliphatic heterocycles. The molecule has 5 nitrogen and oxygen atoms in total. The van der Waals surface area contributed by atoms with E-state index in [0.29, 0.717) is 18.0 Å². The van der Waals surface area contributed by atoms with Gasteiger partial charge in [0.2, 0.25) is 5.91 Å². The van der Waals surface area contributed by atoms with Gasteiger partial charge in [0.15, 0.2) is 11.5 Å². The number of carbonyl (C=O) groups is 1. The largest absolute Gasteiger partial charge is 0.493 e. The van der Waals surface area contributed by atoms with Crippen LogP contribution in [0.4, 0.5) is 0 Å². The molecule has 0 radical (unpaired) electrons. The molecule has 126 valence electrons. The smallest absolute Gasteiger partial charge is 0.246 e. The summed E-state index contributed by atoms with van der Waals surface area (Å²) in [4.78, 5) is 18.1. The van der Waals surface area contributed by atoms with Crippen molar-refractivity contribution in [2.24, 2.45) is 0 Å². The van der Waals surface area contributed by atoms with E-state index < -0.39 is 0 Å². The van der Waals surface area contributed by atoms with Crippen molar-refractivity contribution < 1.29 is 14.3 Å². The molecule has 2 aromatic rings. The number of ether oxygens (including phenoxy) is 2. The Morgan fingerprint density at radius 1 is 1.17 bits per heavy atom. The highest BCUT2D eigenvalue weighted by atomic mass is 16.5.